The Balaban J connectivity index is 2.21. The lowest BCUT2D eigenvalue weighted by Crippen LogP contribution is -2.20. The van der Waals surface area contributed by atoms with Crippen LogP contribution in [0, 0.1) is 11.6 Å². The van der Waals surface area contributed by atoms with Crippen molar-refractivity contribution in [1.29, 1.82) is 0 Å². The van der Waals surface area contributed by atoms with E-state index in [0.717, 1.165) is 12.8 Å². The number of hydrogen-bond donors (Lipinski definition) is 0. The molecule has 0 saturated carbocycles. The molecule has 1 saturated heterocycles. The van der Waals surface area contributed by atoms with Gasteiger partial charge in [-0.25, -0.2) is 8.78 Å². The molecule has 1 nitrogen and oxygen atoms in total. The molecule has 0 spiro atoms. The van der Waals surface area contributed by atoms with E-state index in [2.05, 4.69) is 38.5 Å². The standard InChI is InChI=1S/C11H10BrF2IO/c12-11-8(13)3-6(4-9(11)14)10-2-1-7(15)5-16-10/h3-4,7,10H,1-2,5H2. The molecule has 2 unspecified atom stereocenters. The molecule has 2 atom stereocenters. The van der Waals surface area contributed by atoms with Crippen molar-refractivity contribution in [2.45, 2.75) is 22.9 Å². The van der Waals surface area contributed by atoms with Gasteiger partial charge in [0.1, 0.15) is 11.6 Å². The van der Waals surface area contributed by atoms with E-state index >= 15 is 0 Å². The molecule has 1 aliphatic rings. The van der Waals surface area contributed by atoms with Crippen LogP contribution in [0.15, 0.2) is 16.6 Å². The summed E-state index contributed by atoms with van der Waals surface area (Å²) < 4.78 is 32.6. The van der Waals surface area contributed by atoms with Crippen LogP contribution in [0.25, 0.3) is 0 Å². The second-order valence-electron chi connectivity index (χ2n) is 3.80. The van der Waals surface area contributed by atoms with Crippen LogP contribution in [-0.2, 0) is 4.74 Å². The average molecular weight is 403 g/mol. The molecule has 0 radical (unpaired) electrons. The van der Waals surface area contributed by atoms with Gasteiger partial charge in [-0.1, -0.05) is 22.6 Å². The molecule has 1 fully saturated rings. The Bertz CT molecular complexity index is 369. The average Bonchev–Trinajstić information content (AvgIpc) is 2.26. The molecule has 5 heteroatoms. The van der Waals surface area contributed by atoms with E-state index < -0.39 is 11.6 Å². The van der Waals surface area contributed by atoms with Gasteiger partial charge in [0.15, 0.2) is 0 Å². The van der Waals surface area contributed by atoms with Crippen molar-refractivity contribution in [2.75, 3.05) is 6.61 Å². The van der Waals surface area contributed by atoms with E-state index in [1.165, 1.54) is 12.1 Å². The normalized spacial score (nSPS) is 25.8. The zero-order chi connectivity index (χ0) is 11.7. The van der Waals surface area contributed by atoms with Crippen LogP contribution in [-0.4, -0.2) is 10.5 Å². The summed E-state index contributed by atoms with van der Waals surface area (Å²) in [6, 6.07) is 2.68. The highest BCUT2D eigenvalue weighted by Crippen LogP contribution is 2.33. The first-order valence-electron chi connectivity index (χ1n) is 4.98. The Kier molecular flexibility index (Phi) is 4.18. The third-order valence-corrected chi connectivity index (χ3v) is 4.34. The van der Waals surface area contributed by atoms with Gasteiger partial charge < -0.3 is 4.74 Å². The van der Waals surface area contributed by atoms with Crippen molar-refractivity contribution in [3.8, 4) is 0 Å². The molecule has 0 bridgehead atoms. The van der Waals surface area contributed by atoms with Crippen LogP contribution in [0.2, 0.25) is 0 Å². The van der Waals surface area contributed by atoms with Gasteiger partial charge >= 0.3 is 0 Å². The molecule has 0 amide bonds. The van der Waals surface area contributed by atoms with E-state index in [9.17, 15) is 8.78 Å². The highest BCUT2D eigenvalue weighted by Gasteiger charge is 2.23. The van der Waals surface area contributed by atoms with Gasteiger partial charge in [-0.05, 0) is 46.5 Å². The SMILES string of the molecule is Fc1cc(C2CCC(I)CO2)cc(F)c1Br. The third kappa shape index (κ3) is 2.73. The van der Waals surface area contributed by atoms with Crippen molar-refractivity contribution in [1.82, 2.24) is 0 Å². The number of halogens is 4. The van der Waals surface area contributed by atoms with Gasteiger partial charge in [0.2, 0.25) is 0 Å². The highest BCUT2D eigenvalue weighted by atomic mass is 127. The van der Waals surface area contributed by atoms with Crippen LogP contribution >= 0.6 is 38.5 Å². The molecule has 1 heterocycles. The maximum Gasteiger partial charge on any atom is 0.140 e. The summed E-state index contributed by atoms with van der Waals surface area (Å²) in [6.45, 7) is 0.643. The van der Waals surface area contributed by atoms with Crippen LogP contribution in [0.5, 0.6) is 0 Å². The molecule has 1 aromatic rings. The van der Waals surface area contributed by atoms with E-state index in [1.54, 1.807) is 0 Å². The molecule has 88 valence electrons. The number of benzene rings is 1. The monoisotopic (exact) mass is 402 g/mol. The predicted octanol–water partition coefficient (Wildman–Crippen LogP) is 4.38. The van der Waals surface area contributed by atoms with Crippen molar-refractivity contribution in [3.05, 3.63) is 33.8 Å². The summed E-state index contributed by atoms with van der Waals surface area (Å²) >= 11 is 5.18. The lowest BCUT2D eigenvalue weighted by molar-refractivity contribution is 0.0211. The Labute approximate surface area is 115 Å². The molecule has 0 N–H and O–H groups in total. The minimum Gasteiger partial charge on any atom is -0.372 e. The third-order valence-electron chi connectivity index (χ3n) is 2.60. The fourth-order valence-electron chi connectivity index (χ4n) is 1.74. The minimum absolute atomic E-state index is 0.112. The summed E-state index contributed by atoms with van der Waals surface area (Å²) in [7, 11) is 0. The minimum atomic E-state index is -0.574. The zero-order valence-electron chi connectivity index (χ0n) is 8.35. The Morgan fingerprint density at radius 3 is 2.38 bits per heavy atom. The fraction of sp³-hybridized carbons (Fsp3) is 0.455. The van der Waals surface area contributed by atoms with E-state index in [1.807, 2.05) is 0 Å². The van der Waals surface area contributed by atoms with Crippen molar-refractivity contribution in [3.63, 3.8) is 0 Å². The second-order valence-corrected chi connectivity index (χ2v) is 6.35. The van der Waals surface area contributed by atoms with Crippen LogP contribution in [0.1, 0.15) is 24.5 Å². The number of ether oxygens (including phenoxy) is 1. The van der Waals surface area contributed by atoms with Crippen LogP contribution < -0.4 is 0 Å². The maximum atomic E-state index is 13.3. The lowest BCUT2D eigenvalue weighted by atomic mass is 10.0. The maximum absolute atomic E-state index is 13.3. The van der Waals surface area contributed by atoms with Gasteiger partial charge in [0, 0.05) is 3.92 Å². The highest BCUT2D eigenvalue weighted by molar-refractivity contribution is 14.1. The number of rotatable bonds is 1. The zero-order valence-corrected chi connectivity index (χ0v) is 12.1. The Morgan fingerprint density at radius 1 is 1.25 bits per heavy atom. The molecule has 1 aliphatic heterocycles. The Hall–Kier alpha value is 0.250. The molecule has 1 aromatic carbocycles. The first kappa shape index (κ1) is 12.7. The fourth-order valence-corrected chi connectivity index (χ4v) is 2.54. The number of alkyl halides is 1. The van der Waals surface area contributed by atoms with Crippen LogP contribution in [0.4, 0.5) is 8.78 Å². The summed E-state index contributed by atoms with van der Waals surface area (Å²) in [5, 5.41) is 0. The topological polar surface area (TPSA) is 9.23 Å². The van der Waals surface area contributed by atoms with Gasteiger partial charge in [0.25, 0.3) is 0 Å². The second kappa shape index (κ2) is 5.27. The summed E-state index contributed by atoms with van der Waals surface area (Å²) in [4.78, 5) is 0. The number of hydrogen-bond acceptors (Lipinski definition) is 1. The molecule has 0 aromatic heterocycles. The summed E-state index contributed by atoms with van der Waals surface area (Å²) in [5.74, 6) is -1.15. The van der Waals surface area contributed by atoms with E-state index in [-0.39, 0.29) is 10.6 Å². The van der Waals surface area contributed by atoms with Gasteiger partial charge in [-0.15, -0.1) is 0 Å². The lowest BCUT2D eigenvalue weighted by Gasteiger charge is -2.26. The van der Waals surface area contributed by atoms with Crippen LogP contribution in [0.3, 0.4) is 0 Å². The van der Waals surface area contributed by atoms with Crippen molar-refractivity contribution >= 4 is 38.5 Å². The first-order chi connectivity index (χ1) is 7.58. The molecular formula is C11H10BrF2IO. The predicted molar refractivity (Wildman–Crippen MR) is 69.8 cm³/mol. The first-order valence-corrected chi connectivity index (χ1v) is 7.02. The smallest absolute Gasteiger partial charge is 0.140 e. The van der Waals surface area contributed by atoms with Gasteiger partial charge in [-0.2, -0.15) is 0 Å². The van der Waals surface area contributed by atoms with Gasteiger partial charge in [-0.3, -0.25) is 0 Å². The van der Waals surface area contributed by atoms with E-state index in [0.29, 0.717) is 16.1 Å². The molecule has 16 heavy (non-hydrogen) atoms. The Morgan fingerprint density at radius 2 is 1.88 bits per heavy atom. The van der Waals surface area contributed by atoms with Crippen molar-refractivity contribution < 1.29 is 13.5 Å². The van der Waals surface area contributed by atoms with Crippen molar-refractivity contribution in [2.24, 2.45) is 0 Å². The molecule has 0 aliphatic carbocycles. The quantitative estimate of drug-likeness (QED) is 0.384. The van der Waals surface area contributed by atoms with E-state index in [4.69, 9.17) is 4.74 Å². The molecular weight excluding hydrogens is 393 g/mol. The molecule has 2 rings (SSSR count). The summed E-state index contributed by atoms with van der Waals surface area (Å²) in [6.07, 6.45) is 1.65. The summed E-state index contributed by atoms with van der Waals surface area (Å²) in [5.41, 5.74) is 0.585. The van der Waals surface area contributed by atoms with Gasteiger partial charge in [0.05, 0.1) is 17.2 Å². The largest absolute Gasteiger partial charge is 0.372 e.